The molecule has 1 aliphatic heterocycles. The number of aromatic nitrogens is 4. The van der Waals surface area contributed by atoms with E-state index in [9.17, 15) is 4.79 Å². The van der Waals surface area contributed by atoms with E-state index in [2.05, 4.69) is 72.4 Å². The highest BCUT2D eigenvalue weighted by Gasteiger charge is 2.35. The maximum atomic E-state index is 12.7. The summed E-state index contributed by atoms with van der Waals surface area (Å²) in [4.78, 5) is 16.9. The van der Waals surface area contributed by atoms with Crippen molar-refractivity contribution in [2.75, 3.05) is 26.2 Å². The summed E-state index contributed by atoms with van der Waals surface area (Å²) < 4.78 is 7.25. The number of nitrogens with zero attached hydrogens (tertiary/aromatic N) is 6. The summed E-state index contributed by atoms with van der Waals surface area (Å²) in [6, 6.07) is 11.9. The minimum absolute atomic E-state index is 0.0616. The van der Waals surface area contributed by atoms with Gasteiger partial charge in [0.2, 0.25) is 0 Å². The highest BCUT2D eigenvalue weighted by molar-refractivity contribution is 5.91. The summed E-state index contributed by atoms with van der Waals surface area (Å²) >= 11 is 0. The van der Waals surface area contributed by atoms with Crippen LogP contribution in [-0.2, 0) is 5.54 Å². The molecule has 8 nitrogen and oxygen atoms in total. The van der Waals surface area contributed by atoms with Gasteiger partial charge in [-0.2, -0.15) is 0 Å². The third-order valence-corrected chi connectivity index (χ3v) is 6.27. The molecule has 31 heavy (non-hydrogen) atoms. The second kappa shape index (κ2) is 8.63. The minimum Gasteiger partial charge on any atom is -0.459 e. The van der Waals surface area contributed by atoms with Gasteiger partial charge in [-0.3, -0.25) is 9.69 Å². The van der Waals surface area contributed by atoms with Crippen molar-refractivity contribution in [2.45, 2.75) is 45.7 Å². The number of amides is 1. The topological polar surface area (TPSA) is 80.3 Å². The smallest absolute Gasteiger partial charge is 0.289 e. The van der Waals surface area contributed by atoms with E-state index in [-0.39, 0.29) is 17.5 Å². The van der Waals surface area contributed by atoms with Crippen LogP contribution in [0, 0.1) is 6.92 Å². The highest BCUT2D eigenvalue weighted by Crippen LogP contribution is 2.31. The van der Waals surface area contributed by atoms with Gasteiger partial charge in [-0.1, -0.05) is 36.8 Å². The Balaban J connectivity index is 1.62. The Kier molecular flexibility index (Phi) is 5.91. The van der Waals surface area contributed by atoms with E-state index in [1.807, 2.05) is 9.58 Å². The Morgan fingerprint density at radius 1 is 1.13 bits per heavy atom. The lowest BCUT2D eigenvalue weighted by Crippen LogP contribution is -2.50. The molecule has 1 fully saturated rings. The van der Waals surface area contributed by atoms with Crippen LogP contribution >= 0.6 is 0 Å². The van der Waals surface area contributed by atoms with Gasteiger partial charge in [0.1, 0.15) is 0 Å². The van der Waals surface area contributed by atoms with E-state index in [0.29, 0.717) is 18.8 Å². The Bertz CT molecular complexity index is 1000. The minimum atomic E-state index is -0.196. The molecule has 1 saturated heterocycles. The fourth-order valence-corrected chi connectivity index (χ4v) is 3.96. The van der Waals surface area contributed by atoms with Crippen LogP contribution in [0.2, 0.25) is 0 Å². The Hall–Kier alpha value is -3.00. The highest BCUT2D eigenvalue weighted by atomic mass is 16.3. The number of tetrazole rings is 1. The largest absolute Gasteiger partial charge is 0.459 e. The second-order valence-electron chi connectivity index (χ2n) is 8.73. The first-order chi connectivity index (χ1) is 14.9. The van der Waals surface area contributed by atoms with Gasteiger partial charge >= 0.3 is 0 Å². The van der Waals surface area contributed by atoms with Crippen molar-refractivity contribution >= 4 is 5.91 Å². The maximum absolute atomic E-state index is 12.7. The molecule has 0 unspecified atom stereocenters. The third kappa shape index (κ3) is 4.25. The van der Waals surface area contributed by atoms with Crippen LogP contribution in [0.5, 0.6) is 0 Å². The number of carbonyl (C=O) groups is 1. The van der Waals surface area contributed by atoms with Gasteiger partial charge in [0.25, 0.3) is 5.91 Å². The van der Waals surface area contributed by atoms with Gasteiger partial charge < -0.3 is 9.32 Å². The van der Waals surface area contributed by atoms with Gasteiger partial charge in [0.15, 0.2) is 11.6 Å². The summed E-state index contributed by atoms with van der Waals surface area (Å²) in [6.07, 6.45) is 2.45. The van der Waals surface area contributed by atoms with E-state index < -0.39 is 0 Å². The van der Waals surface area contributed by atoms with Crippen LogP contribution in [0.4, 0.5) is 0 Å². The van der Waals surface area contributed by atoms with Crippen molar-refractivity contribution in [3.63, 3.8) is 0 Å². The van der Waals surface area contributed by atoms with E-state index in [4.69, 9.17) is 4.42 Å². The lowest BCUT2D eigenvalue weighted by atomic mass is 9.98. The van der Waals surface area contributed by atoms with Crippen molar-refractivity contribution in [3.05, 3.63) is 65.4 Å². The van der Waals surface area contributed by atoms with E-state index in [1.165, 1.54) is 11.8 Å². The zero-order valence-electron chi connectivity index (χ0n) is 18.7. The summed E-state index contributed by atoms with van der Waals surface area (Å²) in [7, 11) is 0. The summed E-state index contributed by atoms with van der Waals surface area (Å²) in [6.45, 7) is 11.2. The molecule has 2 aromatic heterocycles. The fourth-order valence-electron chi connectivity index (χ4n) is 3.96. The van der Waals surface area contributed by atoms with Crippen molar-refractivity contribution < 1.29 is 9.21 Å². The number of aryl methyl sites for hydroxylation is 1. The first-order valence-electron chi connectivity index (χ1n) is 10.8. The van der Waals surface area contributed by atoms with Gasteiger partial charge in [0.05, 0.1) is 17.8 Å². The van der Waals surface area contributed by atoms with Crippen LogP contribution < -0.4 is 0 Å². The van der Waals surface area contributed by atoms with Gasteiger partial charge in [-0.15, -0.1) is 5.10 Å². The predicted octanol–water partition coefficient (Wildman–Crippen LogP) is 3.27. The van der Waals surface area contributed by atoms with Crippen LogP contribution in [0.15, 0.2) is 47.1 Å². The van der Waals surface area contributed by atoms with Gasteiger partial charge in [-0.25, -0.2) is 4.68 Å². The molecule has 3 aromatic rings. The van der Waals surface area contributed by atoms with E-state index in [0.717, 1.165) is 30.9 Å². The molecule has 0 radical (unpaired) electrons. The van der Waals surface area contributed by atoms with Crippen molar-refractivity contribution in [1.82, 2.24) is 30.0 Å². The molecule has 0 spiro atoms. The summed E-state index contributed by atoms with van der Waals surface area (Å²) in [5, 5.41) is 12.8. The quantitative estimate of drug-likeness (QED) is 0.607. The second-order valence-corrected chi connectivity index (χ2v) is 8.73. The molecule has 0 N–H and O–H groups in total. The van der Waals surface area contributed by atoms with E-state index in [1.54, 1.807) is 12.1 Å². The number of benzene rings is 1. The normalized spacial score (nSPS) is 16.5. The number of furan rings is 1. The summed E-state index contributed by atoms with van der Waals surface area (Å²) in [5.74, 6) is 1.16. The van der Waals surface area contributed by atoms with Crippen LogP contribution in [0.3, 0.4) is 0 Å². The SMILES string of the molecule is CCC(C)(C)n1nnnc1[C@H](c1ccc(C)cc1)N1CCN(C(=O)c2ccco2)CC1. The Morgan fingerprint density at radius 3 is 2.45 bits per heavy atom. The molecule has 164 valence electrons. The zero-order chi connectivity index (χ0) is 22.0. The van der Waals surface area contributed by atoms with Crippen LogP contribution in [0.1, 0.15) is 60.7 Å². The maximum Gasteiger partial charge on any atom is 0.289 e. The fraction of sp³-hybridized carbons (Fsp3) is 0.478. The Labute approximate surface area is 182 Å². The number of hydrogen-bond acceptors (Lipinski definition) is 6. The first-order valence-corrected chi connectivity index (χ1v) is 10.8. The van der Waals surface area contributed by atoms with Crippen molar-refractivity contribution in [1.29, 1.82) is 0 Å². The lowest BCUT2D eigenvalue weighted by Gasteiger charge is -2.39. The Morgan fingerprint density at radius 2 is 1.84 bits per heavy atom. The molecule has 1 aromatic carbocycles. The molecule has 0 aliphatic carbocycles. The van der Waals surface area contributed by atoms with Crippen molar-refractivity contribution in [2.24, 2.45) is 0 Å². The van der Waals surface area contributed by atoms with E-state index >= 15 is 0 Å². The number of rotatable bonds is 6. The predicted molar refractivity (Wildman–Crippen MR) is 117 cm³/mol. The molecule has 8 heteroatoms. The molecular weight excluding hydrogens is 392 g/mol. The molecule has 1 aliphatic rings. The number of carbonyl (C=O) groups excluding carboxylic acids is 1. The number of piperazine rings is 1. The zero-order valence-corrected chi connectivity index (χ0v) is 18.7. The van der Waals surface area contributed by atoms with Crippen LogP contribution in [-0.4, -0.2) is 62.1 Å². The van der Waals surface area contributed by atoms with Gasteiger partial charge in [0, 0.05) is 26.2 Å². The molecule has 4 rings (SSSR count). The lowest BCUT2D eigenvalue weighted by molar-refractivity contribution is 0.0555. The number of hydrogen-bond donors (Lipinski definition) is 0. The molecule has 1 atom stereocenters. The molecule has 0 bridgehead atoms. The molecule has 3 heterocycles. The molecule has 1 amide bonds. The molecular formula is C23H30N6O2. The third-order valence-electron chi connectivity index (χ3n) is 6.27. The standard InChI is InChI=1S/C23H30N6O2/c1-5-23(3,4)29-21(24-25-26-29)20(18-10-8-17(2)9-11-18)27-12-14-28(15-13-27)22(30)19-7-6-16-31-19/h6-11,16,20H,5,12-15H2,1-4H3/t20-/m0/s1. The monoisotopic (exact) mass is 422 g/mol. The van der Waals surface area contributed by atoms with Gasteiger partial charge in [-0.05, 0) is 55.3 Å². The summed E-state index contributed by atoms with van der Waals surface area (Å²) in [5.41, 5.74) is 2.17. The van der Waals surface area contributed by atoms with Crippen LogP contribution in [0.25, 0.3) is 0 Å². The first kappa shape index (κ1) is 21.2. The van der Waals surface area contributed by atoms with Crippen molar-refractivity contribution in [3.8, 4) is 0 Å². The average molecular weight is 423 g/mol. The average Bonchev–Trinajstić information content (AvgIpc) is 3.48. The molecule has 0 saturated carbocycles.